The van der Waals surface area contributed by atoms with Gasteiger partial charge in [0.15, 0.2) is 16.9 Å². The molecule has 10 N–H and O–H groups in total. The number of carboxylic acid groups (broad SMARTS) is 1. The minimum Gasteiger partial charge on any atom is -0.493 e. The SMILES string of the molecule is CS(=O)(=O)c1nc(=NC2CC2)n2ncc(=Cc3[nH]c(=O)[nH]c3O)c2n1.CS(=O)c1nc(=NC2CC2)n2ncc(=Cc3[nH]c(=O)[nH]c3O)c2n1.O=C(O)c1ccc2c(c1)ncn2-c1nc(=NC2CC2)n2ncc(=Cc3[nH]c(=O)[nH]c3O)c2n1. The normalized spacial score (nSPS) is 16.4. The summed E-state index contributed by atoms with van der Waals surface area (Å²) in [5, 5.41) is 52.5. The predicted molar refractivity (Wildman–Crippen MR) is 281 cm³/mol. The maximum Gasteiger partial charge on any atom is 0.335 e. The Hall–Kier alpha value is -10.7. The summed E-state index contributed by atoms with van der Waals surface area (Å²) in [5.74, 6) is -1.69. The van der Waals surface area contributed by atoms with Crippen LogP contribution in [0.1, 0.15) is 66.0 Å². The van der Waals surface area contributed by atoms with E-state index >= 15 is 0 Å². The van der Waals surface area contributed by atoms with Crippen LogP contribution in [-0.2, 0) is 20.6 Å². The number of nitrogens with one attached hydrogen (secondary N) is 6. The van der Waals surface area contributed by atoms with Gasteiger partial charge in [-0.15, -0.1) is 0 Å². The quantitative estimate of drug-likeness (QED) is 0.0617. The van der Waals surface area contributed by atoms with Gasteiger partial charge in [-0.2, -0.15) is 58.7 Å². The standard InChI is InChI=1S/C20H15N9O4.C13H13N7O4S.C13H13N7O3S/c30-16-13(24-20(33)26-16)6-10-7-22-29-15(10)25-18(27-19(29)23-11-2-3-11)28-8-21-12-5-9(17(31)32)1-4-14(12)28;1-25(23,24)13-17-9-6(4-8-10(21)18-12(22)16-8)5-14-20(9)11(19-13)15-7-2-3-7;1-24(23)13-17-9-6(4-8-10(21)18-12(22)16-8)5-14-20(9)11(19-13)15-7-2-3-7/h1,4-8,11,30H,2-3H2,(H,31,32)(H2,24,26,33);4-5,7,21H,2-3H2,1H3,(H2,16,18,22);4-5,7,21H,2-3H2,1H3,(H2,16,18,22). The number of aromatic carboxylic acids is 1. The van der Waals surface area contributed by atoms with Crippen LogP contribution < -0.4 is 49.6 Å². The second kappa shape index (κ2) is 20.2. The highest BCUT2D eigenvalue weighted by Gasteiger charge is 2.24. The van der Waals surface area contributed by atoms with Gasteiger partial charge in [0, 0.05) is 28.2 Å². The lowest BCUT2D eigenvalue weighted by molar-refractivity contribution is 0.0697. The summed E-state index contributed by atoms with van der Waals surface area (Å²) >= 11 is 0. The molecule has 0 radical (unpaired) electrons. The van der Waals surface area contributed by atoms with Gasteiger partial charge >= 0.3 is 23.0 Å². The first-order valence-corrected chi connectivity index (χ1v) is 28.0. The van der Waals surface area contributed by atoms with Gasteiger partial charge in [0.2, 0.25) is 38.6 Å². The van der Waals surface area contributed by atoms with Crippen molar-refractivity contribution in [3.63, 3.8) is 0 Å². The molecule has 3 saturated carbocycles. The molecule has 10 heterocycles. The first-order chi connectivity index (χ1) is 39.3. The summed E-state index contributed by atoms with van der Waals surface area (Å²) in [5.41, 5.74) is 1.97. The van der Waals surface area contributed by atoms with Crippen LogP contribution in [-0.4, -0.2) is 168 Å². The summed E-state index contributed by atoms with van der Waals surface area (Å²) in [6.07, 6.45) is 18.7. The third-order valence-corrected chi connectivity index (χ3v) is 13.9. The molecule has 3 aliphatic carbocycles. The molecule has 3 fully saturated rings. The fourth-order valence-electron chi connectivity index (χ4n) is 7.90. The molecular formula is C46H41N23O11S2. The van der Waals surface area contributed by atoms with Crippen LogP contribution in [0.15, 0.2) is 82.8 Å². The third kappa shape index (κ3) is 10.8. The lowest BCUT2D eigenvalue weighted by Crippen LogP contribution is -2.26. The van der Waals surface area contributed by atoms with Crippen LogP contribution in [0.2, 0.25) is 0 Å². The van der Waals surface area contributed by atoms with Crippen LogP contribution in [0.4, 0.5) is 0 Å². The second-order valence-corrected chi connectivity index (χ2v) is 22.0. The van der Waals surface area contributed by atoms with Gasteiger partial charge in [0.25, 0.3) is 22.0 Å². The maximum atomic E-state index is 11.9. The number of hydrogen-bond donors (Lipinski definition) is 10. The summed E-state index contributed by atoms with van der Waals surface area (Å²) in [7, 11) is -5.03. The Morgan fingerprint density at radius 3 is 1.49 bits per heavy atom. The number of nitrogens with zero attached hydrogens (tertiary/aromatic N) is 17. The number of imidazole rings is 4. The Bertz CT molecular complexity index is 5170. The molecule has 0 saturated heterocycles. The second-order valence-electron chi connectivity index (χ2n) is 18.8. The molecule has 418 valence electrons. The number of rotatable bonds is 10. The van der Waals surface area contributed by atoms with E-state index in [0.29, 0.717) is 49.2 Å². The molecule has 1 aromatic carbocycles. The lowest BCUT2D eigenvalue weighted by Gasteiger charge is -2.04. The fraction of sp³-hybridized carbons (Fsp3) is 0.239. The molecule has 82 heavy (non-hydrogen) atoms. The van der Waals surface area contributed by atoms with Gasteiger partial charge in [0.1, 0.15) is 23.4 Å². The van der Waals surface area contributed by atoms with Crippen molar-refractivity contribution in [3.05, 3.63) is 130 Å². The molecule has 1 atom stereocenters. The molecule has 3 aliphatic rings. The molecule has 36 heteroatoms. The Balaban J connectivity index is 0.000000124. The van der Waals surface area contributed by atoms with Crippen molar-refractivity contribution in [2.45, 2.75) is 67.0 Å². The number of hydrogen-bond acceptors (Lipinski definition) is 23. The number of fused-ring (bicyclic) bond motifs is 4. The van der Waals surface area contributed by atoms with E-state index in [1.807, 2.05) is 0 Å². The van der Waals surface area contributed by atoms with E-state index in [1.165, 1.54) is 69.0 Å². The molecule has 0 bridgehead atoms. The topological polar surface area (TPSA) is 479 Å². The number of sulfone groups is 1. The van der Waals surface area contributed by atoms with E-state index in [1.54, 1.807) is 16.7 Å². The molecule has 34 nitrogen and oxygen atoms in total. The largest absolute Gasteiger partial charge is 0.493 e. The molecule has 14 rings (SSSR count). The Labute approximate surface area is 455 Å². The first-order valence-electron chi connectivity index (χ1n) is 24.5. The molecule has 10 aromatic heterocycles. The van der Waals surface area contributed by atoms with Crippen LogP contribution >= 0.6 is 0 Å². The molecule has 11 aromatic rings. The van der Waals surface area contributed by atoms with E-state index in [4.69, 9.17) is 0 Å². The highest BCUT2D eigenvalue weighted by atomic mass is 32.2. The van der Waals surface area contributed by atoms with Gasteiger partial charge in [-0.25, -0.2) is 47.6 Å². The third-order valence-electron chi connectivity index (χ3n) is 12.3. The van der Waals surface area contributed by atoms with E-state index in [2.05, 4.69) is 95.1 Å². The number of benzene rings is 1. The zero-order valence-corrected chi connectivity index (χ0v) is 43.9. The van der Waals surface area contributed by atoms with Crippen molar-refractivity contribution in [1.29, 1.82) is 0 Å². The zero-order chi connectivity index (χ0) is 57.3. The average Bonchev–Trinajstić information content (AvgIpc) is 4.15. The number of aromatic nitrogens is 20. The first kappa shape index (κ1) is 52.1. The fourth-order valence-corrected chi connectivity index (χ4v) is 8.82. The van der Waals surface area contributed by atoms with E-state index < -0.39 is 43.7 Å². The molecule has 0 spiro atoms. The van der Waals surface area contributed by atoms with Gasteiger partial charge in [0.05, 0.1) is 64.1 Å². The average molecular weight is 1160 g/mol. The van der Waals surface area contributed by atoms with Gasteiger partial charge < -0.3 is 35.4 Å². The van der Waals surface area contributed by atoms with E-state index in [0.717, 1.165) is 44.8 Å². The predicted octanol–water partition coefficient (Wildman–Crippen LogP) is -4.45. The zero-order valence-electron chi connectivity index (χ0n) is 42.3. The van der Waals surface area contributed by atoms with Crippen molar-refractivity contribution in [2.75, 3.05) is 12.5 Å². The summed E-state index contributed by atoms with van der Waals surface area (Å²) < 4.78 is 41.5. The minimum atomic E-state index is -3.65. The summed E-state index contributed by atoms with van der Waals surface area (Å²) in [6, 6.07) is 5.08. The summed E-state index contributed by atoms with van der Waals surface area (Å²) in [4.78, 5) is 103. The molecule has 0 aliphatic heterocycles. The Kier molecular flexibility index (Phi) is 12.8. The number of carboxylic acids is 1. The number of carbonyl (C=O) groups is 1. The minimum absolute atomic E-state index is 0.104. The van der Waals surface area contributed by atoms with Crippen LogP contribution in [0, 0.1) is 0 Å². The van der Waals surface area contributed by atoms with Crippen LogP contribution in [0.25, 0.3) is 52.2 Å². The molecular weight excluding hydrogens is 1110 g/mol. The molecule has 0 amide bonds. The Morgan fingerprint density at radius 2 is 1.07 bits per heavy atom. The van der Waals surface area contributed by atoms with Gasteiger partial charge in [-0.1, -0.05) is 0 Å². The highest BCUT2D eigenvalue weighted by molar-refractivity contribution is 7.90. The van der Waals surface area contributed by atoms with Crippen molar-refractivity contribution in [1.82, 2.24) is 98.2 Å². The van der Waals surface area contributed by atoms with Crippen LogP contribution in [0.5, 0.6) is 17.6 Å². The number of H-pyrrole nitrogens is 6. The van der Waals surface area contributed by atoms with Crippen molar-refractivity contribution in [3.8, 4) is 23.6 Å². The number of aromatic amines is 6. The van der Waals surface area contributed by atoms with E-state index in [-0.39, 0.29) is 85.9 Å². The van der Waals surface area contributed by atoms with Crippen LogP contribution in [0.3, 0.4) is 0 Å². The number of aromatic hydroxyl groups is 3. The van der Waals surface area contributed by atoms with Gasteiger partial charge in [-0.05, 0) is 75.0 Å². The maximum absolute atomic E-state index is 11.9. The van der Waals surface area contributed by atoms with Gasteiger partial charge in [-0.3, -0.25) is 23.7 Å². The highest BCUT2D eigenvalue weighted by Crippen LogP contribution is 2.24. The van der Waals surface area contributed by atoms with Crippen molar-refractivity contribution >= 4 is 72.8 Å². The van der Waals surface area contributed by atoms with E-state index in [9.17, 15) is 52.2 Å². The van der Waals surface area contributed by atoms with Crippen molar-refractivity contribution < 1.29 is 37.8 Å². The smallest absolute Gasteiger partial charge is 0.335 e. The molecule has 1 unspecified atom stereocenters. The van der Waals surface area contributed by atoms with Crippen molar-refractivity contribution in [2.24, 2.45) is 15.0 Å². The lowest BCUT2D eigenvalue weighted by atomic mass is 10.2. The Morgan fingerprint density at radius 1 is 0.634 bits per heavy atom. The monoisotopic (exact) mass is 1160 g/mol. The summed E-state index contributed by atoms with van der Waals surface area (Å²) in [6.45, 7) is 0.